The van der Waals surface area contributed by atoms with Gasteiger partial charge in [-0.05, 0) is 65.5 Å². The third-order valence-electron chi connectivity index (χ3n) is 11.6. The van der Waals surface area contributed by atoms with E-state index in [0.717, 1.165) is 28.3 Å². The summed E-state index contributed by atoms with van der Waals surface area (Å²) in [5, 5.41) is 14.4. The van der Waals surface area contributed by atoms with Gasteiger partial charge in [0.15, 0.2) is 0 Å². The van der Waals surface area contributed by atoms with E-state index >= 15 is 0 Å². The Kier molecular flexibility index (Phi) is 17.7. The number of carbonyl (C=O) groups excluding carboxylic acids is 6. The molecular weight excluding hydrogens is 823 g/mol. The highest BCUT2D eigenvalue weighted by molar-refractivity contribution is 5.97. The lowest BCUT2D eigenvalue weighted by Crippen LogP contribution is -2.57. The third kappa shape index (κ3) is 14.3. The Morgan fingerprint density at radius 3 is 2.28 bits per heavy atom. The van der Waals surface area contributed by atoms with Crippen LogP contribution in [0.5, 0.6) is 0 Å². The van der Waals surface area contributed by atoms with E-state index in [9.17, 15) is 28.8 Å². The largest absolute Gasteiger partial charge is 0.378 e. The van der Waals surface area contributed by atoms with Crippen LogP contribution < -0.4 is 32.3 Å². The lowest BCUT2D eigenvalue weighted by molar-refractivity contribution is -0.141. The fraction of sp³-hybridized carbons (Fsp3) is 0.333. The maximum atomic E-state index is 14.8. The fourth-order valence-electron chi connectivity index (χ4n) is 8.12. The lowest BCUT2D eigenvalue weighted by Gasteiger charge is -2.42. The number of ether oxygens (including phenoxy) is 1. The molecule has 14 heteroatoms. The minimum absolute atomic E-state index is 0.0169. The van der Waals surface area contributed by atoms with Crippen LogP contribution in [0.25, 0.3) is 17.2 Å². The van der Waals surface area contributed by atoms with Crippen molar-refractivity contribution < 1.29 is 33.5 Å². The second-order valence-electron chi connectivity index (χ2n) is 16.3. The lowest BCUT2D eigenvalue weighted by atomic mass is 9.74. The van der Waals surface area contributed by atoms with Crippen LogP contribution in [0, 0.1) is 5.41 Å². The van der Waals surface area contributed by atoms with E-state index in [1.165, 1.54) is 6.08 Å². The predicted octanol–water partition coefficient (Wildman–Crippen LogP) is 3.60. The number of piperidine rings is 1. The Balaban J connectivity index is 1.28. The van der Waals surface area contributed by atoms with Crippen molar-refractivity contribution in [1.29, 1.82) is 0 Å². The number of hydrogen-bond donors (Lipinski definition) is 6. The summed E-state index contributed by atoms with van der Waals surface area (Å²) >= 11 is 0. The standard InChI is InChI=1S/C51H59N7O7/c52-27-31-65-32-29-54-48(62)44-25-28-53-45(59)23-24-47(61)58-30-10-26-51(36-58,34-38-11-3-1-4-12-38)50(64)57-43(49(63)55-35-42-17-8-7-16-41(42)33-46(60)56-44)18-9-13-37-19-21-40(22-20-37)39-14-5-2-6-15-39/h1-9,11-17,19-24,43-44H,10,18,25-36,52H2,(H,53,59)(H,54,62)(H,55,63)(H,56,60)(H,57,64)/b13-9+,24-23+/t43-,44-,51-/m0/s1. The van der Waals surface area contributed by atoms with Crippen LogP contribution in [0.1, 0.15) is 47.9 Å². The molecule has 2 aliphatic rings. The molecule has 1 saturated heterocycles. The summed E-state index contributed by atoms with van der Waals surface area (Å²) < 4.78 is 5.37. The summed E-state index contributed by atoms with van der Waals surface area (Å²) in [6, 6.07) is 32.9. The highest BCUT2D eigenvalue weighted by atomic mass is 16.5. The van der Waals surface area contributed by atoms with Crippen LogP contribution >= 0.6 is 0 Å². The van der Waals surface area contributed by atoms with Crippen molar-refractivity contribution in [2.75, 3.05) is 45.9 Å². The number of amides is 6. The van der Waals surface area contributed by atoms with E-state index < -0.39 is 47.0 Å². The van der Waals surface area contributed by atoms with E-state index in [0.29, 0.717) is 50.1 Å². The first kappa shape index (κ1) is 47.6. The third-order valence-corrected chi connectivity index (χ3v) is 11.6. The number of benzene rings is 4. The number of nitrogens with zero attached hydrogens (tertiary/aromatic N) is 1. The van der Waals surface area contributed by atoms with Gasteiger partial charge < -0.3 is 42.0 Å². The summed E-state index contributed by atoms with van der Waals surface area (Å²) in [7, 11) is 0. The summed E-state index contributed by atoms with van der Waals surface area (Å²) in [5.41, 5.74) is 9.70. The van der Waals surface area contributed by atoms with E-state index in [1.807, 2.05) is 109 Å². The molecule has 6 rings (SSSR count). The topological polar surface area (TPSA) is 201 Å². The second kappa shape index (κ2) is 24.2. The van der Waals surface area contributed by atoms with Gasteiger partial charge in [-0.2, -0.15) is 0 Å². The minimum atomic E-state index is -1.09. The van der Waals surface area contributed by atoms with E-state index in [-0.39, 0.29) is 58.0 Å². The summed E-state index contributed by atoms with van der Waals surface area (Å²) in [6.07, 6.45) is 7.50. The first-order chi connectivity index (χ1) is 31.6. The smallest absolute Gasteiger partial charge is 0.246 e. The molecule has 2 aliphatic heterocycles. The maximum Gasteiger partial charge on any atom is 0.246 e. The van der Waals surface area contributed by atoms with Crippen molar-refractivity contribution in [2.24, 2.45) is 11.1 Å². The quantitative estimate of drug-likeness (QED) is 0.116. The van der Waals surface area contributed by atoms with E-state index in [4.69, 9.17) is 10.5 Å². The number of hydrogen-bond acceptors (Lipinski definition) is 8. The molecule has 3 atom stereocenters. The summed E-state index contributed by atoms with van der Waals surface area (Å²) in [5.74, 6) is -2.69. The highest BCUT2D eigenvalue weighted by Gasteiger charge is 2.44. The zero-order valence-electron chi connectivity index (χ0n) is 36.6. The zero-order chi connectivity index (χ0) is 45.9. The van der Waals surface area contributed by atoms with Crippen LogP contribution in [-0.2, 0) is 52.9 Å². The van der Waals surface area contributed by atoms with Crippen LogP contribution in [0.4, 0.5) is 0 Å². The highest BCUT2D eigenvalue weighted by Crippen LogP contribution is 2.35. The molecule has 2 bridgehead atoms. The van der Waals surface area contributed by atoms with Crippen LogP contribution in [0.15, 0.2) is 127 Å². The van der Waals surface area contributed by atoms with Crippen LogP contribution in [0.3, 0.4) is 0 Å². The number of nitrogens with two attached hydrogens (primary N) is 1. The average Bonchev–Trinajstić information content (AvgIpc) is 3.32. The summed E-state index contributed by atoms with van der Waals surface area (Å²) in [6.45, 7) is 1.60. The molecule has 1 fully saturated rings. The van der Waals surface area contributed by atoms with Crippen molar-refractivity contribution in [2.45, 2.75) is 57.2 Å². The molecule has 0 spiro atoms. The Morgan fingerprint density at radius 1 is 0.815 bits per heavy atom. The van der Waals surface area contributed by atoms with E-state index in [1.54, 1.807) is 17.0 Å². The molecule has 4 aromatic rings. The first-order valence-corrected chi connectivity index (χ1v) is 22.2. The van der Waals surface area contributed by atoms with E-state index in [2.05, 4.69) is 26.6 Å². The van der Waals surface area contributed by atoms with Gasteiger partial charge in [0, 0.05) is 51.4 Å². The molecule has 0 radical (unpaired) electrons. The normalized spacial score (nSPS) is 20.8. The molecule has 0 saturated carbocycles. The second-order valence-corrected chi connectivity index (χ2v) is 16.3. The zero-order valence-corrected chi connectivity index (χ0v) is 36.6. The molecule has 7 N–H and O–H groups in total. The van der Waals surface area contributed by atoms with Gasteiger partial charge in [0.2, 0.25) is 35.4 Å². The molecular formula is C51H59N7O7. The Bertz CT molecular complexity index is 2300. The van der Waals surface area contributed by atoms with Gasteiger partial charge >= 0.3 is 0 Å². The monoisotopic (exact) mass is 881 g/mol. The number of fused-ring (bicyclic) bond motifs is 3. The van der Waals surface area contributed by atoms with Gasteiger partial charge in [0.05, 0.1) is 25.0 Å². The summed E-state index contributed by atoms with van der Waals surface area (Å²) in [4.78, 5) is 84.2. The molecule has 0 aliphatic carbocycles. The Labute approximate surface area is 380 Å². The molecule has 2 heterocycles. The van der Waals surface area contributed by atoms with Crippen LogP contribution in [0.2, 0.25) is 0 Å². The first-order valence-electron chi connectivity index (χ1n) is 22.2. The average molecular weight is 882 g/mol. The van der Waals surface area contributed by atoms with Crippen molar-refractivity contribution >= 4 is 41.5 Å². The minimum Gasteiger partial charge on any atom is -0.378 e. The maximum absolute atomic E-state index is 14.8. The predicted molar refractivity (Wildman–Crippen MR) is 249 cm³/mol. The van der Waals surface area contributed by atoms with Crippen molar-refractivity contribution in [3.8, 4) is 11.1 Å². The van der Waals surface area contributed by atoms with Crippen molar-refractivity contribution in [1.82, 2.24) is 31.5 Å². The molecule has 4 aromatic carbocycles. The van der Waals surface area contributed by atoms with Gasteiger partial charge in [-0.15, -0.1) is 0 Å². The Morgan fingerprint density at radius 2 is 1.52 bits per heavy atom. The number of carbonyl (C=O) groups is 6. The number of rotatable bonds is 12. The molecule has 0 unspecified atom stereocenters. The molecule has 6 amide bonds. The Hall–Kier alpha value is -6.90. The van der Waals surface area contributed by atoms with Gasteiger partial charge in [0.1, 0.15) is 12.1 Å². The van der Waals surface area contributed by atoms with Gasteiger partial charge in [-0.25, -0.2) is 0 Å². The van der Waals surface area contributed by atoms with Crippen molar-refractivity contribution in [3.63, 3.8) is 0 Å². The van der Waals surface area contributed by atoms with Gasteiger partial charge in [-0.1, -0.05) is 121 Å². The van der Waals surface area contributed by atoms with Gasteiger partial charge in [0.25, 0.3) is 0 Å². The molecule has 14 nitrogen and oxygen atoms in total. The SMILES string of the molecule is NCCOCCNC(=O)[C@@H]1CCNC(=O)/C=C/C(=O)N2CCC[C@](Cc3ccccc3)(C2)C(=O)N[C@@H](C/C=C/c2ccc(-c3ccccc3)cc2)C(=O)NCc2ccccc2CC(=O)N1. The fourth-order valence-corrected chi connectivity index (χ4v) is 8.12. The van der Waals surface area contributed by atoms with Crippen LogP contribution in [-0.4, -0.2) is 98.4 Å². The van der Waals surface area contributed by atoms with Gasteiger partial charge in [-0.3, -0.25) is 28.8 Å². The van der Waals surface area contributed by atoms with Crippen molar-refractivity contribution in [3.05, 3.63) is 150 Å². The molecule has 0 aromatic heterocycles. The number of nitrogens with one attached hydrogen (secondary N) is 5. The molecule has 340 valence electrons. The molecule has 65 heavy (non-hydrogen) atoms.